The Bertz CT molecular complexity index is 628. The Balaban J connectivity index is 1.76. The number of hydrogen-bond donors (Lipinski definition) is 1. The maximum atomic E-state index is 5.71. The summed E-state index contributed by atoms with van der Waals surface area (Å²) in [5.74, 6) is 1.70. The van der Waals surface area contributed by atoms with Gasteiger partial charge in [0.15, 0.2) is 11.5 Å². The second kappa shape index (κ2) is 5.75. The van der Waals surface area contributed by atoms with Crippen LogP contribution in [-0.4, -0.2) is 13.2 Å². The van der Waals surface area contributed by atoms with Crippen molar-refractivity contribution in [2.45, 2.75) is 13.5 Å². The molecular formula is C16H16BrNO2. The molecule has 3 nitrogen and oxygen atoms in total. The first kappa shape index (κ1) is 13.3. The van der Waals surface area contributed by atoms with Gasteiger partial charge in [-0.1, -0.05) is 28.1 Å². The van der Waals surface area contributed by atoms with Gasteiger partial charge in [-0.2, -0.15) is 0 Å². The first-order valence-corrected chi connectivity index (χ1v) is 7.41. The number of aryl methyl sites for hydroxylation is 1. The van der Waals surface area contributed by atoms with Crippen molar-refractivity contribution in [3.05, 3.63) is 52.0 Å². The van der Waals surface area contributed by atoms with Crippen LogP contribution in [0.4, 0.5) is 5.69 Å². The molecule has 0 spiro atoms. The van der Waals surface area contributed by atoms with E-state index in [0.717, 1.165) is 27.2 Å². The van der Waals surface area contributed by atoms with Crippen molar-refractivity contribution in [1.29, 1.82) is 0 Å². The van der Waals surface area contributed by atoms with E-state index in [-0.39, 0.29) is 0 Å². The molecule has 0 bridgehead atoms. The highest BCUT2D eigenvalue weighted by Gasteiger charge is 2.15. The standard InChI is InChI=1S/C16H16BrNO2/c1-11-9-13(5-6-14(11)17)18-10-12-3-2-4-15-16(12)20-8-7-19-15/h2-6,9,18H,7-8,10H2,1H3. The summed E-state index contributed by atoms with van der Waals surface area (Å²) in [6, 6.07) is 12.2. The molecule has 0 atom stereocenters. The average molecular weight is 334 g/mol. The fourth-order valence-electron chi connectivity index (χ4n) is 2.23. The molecule has 1 aliphatic rings. The Morgan fingerprint density at radius 2 is 2.00 bits per heavy atom. The largest absolute Gasteiger partial charge is 0.486 e. The molecule has 1 heterocycles. The number of para-hydroxylation sites is 1. The van der Waals surface area contributed by atoms with Gasteiger partial charge in [-0.25, -0.2) is 0 Å². The van der Waals surface area contributed by atoms with Gasteiger partial charge in [-0.3, -0.25) is 0 Å². The highest BCUT2D eigenvalue weighted by atomic mass is 79.9. The first-order chi connectivity index (χ1) is 9.74. The summed E-state index contributed by atoms with van der Waals surface area (Å²) in [6.07, 6.45) is 0. The molecule has 4 heteroatoms. The Hall–Kier alpha value is -1.68. The monoisotopic (exact) mass is 333 g/mol. The molecule has 1 N–H and O–H groups in total. The smallest absolute Gasteiger partial charge is 0.166 e. The van der Waals surface area contributed by atoms with Gasteiger partial charge in [0.2, 0.25) is 0 Å². The SMILES string of the molecule is Cc1cc(NCc2cccc3c2OCCO3)ccc1Br. The molecule has 0 fully saturated rings. The molecule has 2 aromatic rings. The lowest BCUT2D eigenvalue weighted by atomic mass is 10.1. The fourth-order valence-corrected chi connectivity index (χ4v) is 2.47. The molecule has 0 aromatic heterocycles. The lowest BCUT2D eigenvalue weighted by Crippen LogP contribution is -2.17. The van der Waals surface area contributed by atoms with E-state index in [0.29, 0.717) is 19.8 Å². The van der Waals surface area contributed by atoms with E-state index in [2.05, 4.69) is 52.4 Å². The van der Waals surface area contributed by atoms with Gasteiger partial charge in [-0.05, 0) is 36.8 Å². The Morgan fingerprint density at radius 1 is 1.15 bits per heavy atom. The lowest BCUT2D eigenvalue weighted by molar-refractivity contribution is 0.170. The summed E-state index contributed by atoms with van der Waals surface area (Å²) in [7, 11) is 0. The molecular weight excluding hydrogens is 318 g/mol. The van der Waals surface area contributed by atoms with Crippen molar-refractivity contribution in [2.75, 3.05) is 18.5 Å². The first-order valence-electron chi connectivity index (χ1n) is 6.61. The summed E-state index contributed by atoms with van der Waals surface area (Å²) in [4.78, 5) is 0. The molecule has 0 unspecified atom stereocenters. The number of anilines is 1. The van der Waals surface area contributed by atoms with Crippen molar-refractivity contribution < 1.29 is 9.47 Å². The fraction of sp³-hybridized carbons (Fsp3) is 0.250. The van der Waals surface area contributed by atoms with Crippen LogP contribution in [0, 0.1) is 6.92 Å². The summed E-state index contributed by atoms with van der Waals surface area (Å²) in [5.41, 5.74) is 3.42. The molecule has 0 amide bonds. The van der Waals surface area contributed by atoms with Gasteiger partial charge >= 0.3 is 0 Å². The van der Waals surface area contributed by atoms with Gasteiger partial charge in [0.1, 0.15) is 13.2 Å². The Kier molecular flexibility index (Phi) is 3.83. The number of benzene rings is 2. The summed E-state index contributed by atoms with van der Waals surface area (Å²) in [5, 5.41) is 3.42. The topological polar surface area (TPSA) is 30.5 Å². The van der Waals surface area contributed by atoms with Crippen LogP contribution in [0.5, 0.6) is 11.5 Å². The van der Waals surface area contributed by atoms with Crippen LogP contribution in [0.3, 0.4) is 0 Å². The number of halogens is 1. The van der Waals surface area contributed by atoms with Crippen molar-refractivity contribution in [3.8, 4) is 11.5 Å². The zero-order valence-electron chi connectivity index (χ0n) is 11.3. The van der Waals surface area contributed by atoms with Gasteiger partial charge in [0.25, 0.3) is 0 Å². The maximum absolute atomic E-state index is 5.71. The van der Waals surface area contributed by atoms with Crippen molar-refractivity contribution in [1.82, 2.24) is 0 Å². The van der Waals surface area contributed by atoms with Crippen molar-refractivity contribution >= 4 is 21.6 Å². The predicted octanol–water partition coefficient (Wildman–Crippen LogP) is 4.14. The van der Waals surface area contributed by atoms with Crippen LogP contribution in [0.15, 0.2) is 40.9 Å². The molecule has 20 heavy (non-hydrogen) atoms. The van der Waals surface area contributed by atoms with Crippen molar-refractivity contribution in [3.63, 3.8) is 0 Å². The second-order valence-electron chi connectivity index (χ2n) is 4.76. The van der Waals surface area contributed by atoms with Crippen LogP contribution in [0.2, 0.25) is 0 Å². The Morgan fingerprint density at radius 3 is 2.85 bits per heavy atom. The third-order valence-corrected chi connectivity index (χ3v) is 4.18. The third-order valence-electron chi connectivity index (χ3n) is 3.29. The van der Waals surface area contributed by atoms with Crippen molar-refractivity contribution in [2.24, 2.45) is 0 Å². The third kappa shape index (κ3) is 2.75. The number of fused-ring (bicyclic) bond motifs is 1. The number of hydrogen-bond acceptors (Lipinski definition) is 3. The van der Waals surface area contributed by atoms with Gasteiger partial charge in [0, 0.05) is 22.3 Å². The van der Waals surface area contributed by atoms with E-state index in [4.69, 9.17) is 9.47 Å². The van der Waals surface area contributed by atoms with Gasteiger partial charge in [-0.15, -0.1) is 0 Å². The predicted molar refractivity (Wildman–Crippen MR) is 83.6 cm³/mol. The van der Waals surface area contributed by atoms with Crippen LogP contribution >= 0.6 is 15.9 Å². The lowest BCUT2D eigenvalue weighted by Gasteiger charge is -2.21. The minimum Gasteiger partial charge on any atom is -0.486 e. The molecule has 0 saturated carbocycles. The number of rotatable bonds is 3. The maximum Gasteiger partial charge on any atom is 0.166 e. The van der Waals surface area contributed by atoms with Crippen LogP contribution < -0.4 is 14.8 Å². The Labute approximate surface area is 127 Å². The van der Waals surface area contributed by atoms with Crippen LogP contribution in [-0.2, 0) is 6.54 Å². The molecule has 104 valence electrons. The summed E-state index contributed by atoms with van der Waals surface area (Å²) >= 11 is 3.51. The molecule has 0 aliphatic carbocycles. The highest BCUT2D eigenvalue weighted by molar-refractivity contribution is 9.10. The summed E-state index contributed by atoms with van der Waals surface area (Å²) in [6.45, 7) is 4.03. The van der Waals surface area contributed by atoms with E-state index in [1.807, 2.05) is 12.1 Å². The van der Waals surface area contributed by atoms with Crippen LogP contribution in [0.25, 0.3) is 0 Å². The summed E-state index contributed by atoms with van der Waals surface area (Å²) < 4.78 is 12.4. The van der Waals surface area contributed by atoms with Crippen LogP contribution in [0.1, 0.15) is 11.1 Å². The van der Waals surface area contributed by atoms with E-state index in [1.54, 1.807) is 0 Å². The van der Waals surface area contributed by atoms with E-state index >= 15 is 0 Å². The number of ether oxygens (including phenoxy) is 2. The quantitative estimate of drug-likeness (QED) is 0.915. The zero-order valence-corrected chi connectivity index (χ0v) is 12.9. The molecule has 0 saturated heterocycles. The van der Waals surface area contributed by atoms with Gasteiger partial charge in [0.05, 0.1) is 0 Å². The molecule has 0 radical (unpaired) electrons. The highest BCUT2D eigenvalue weighted by Crippen LogP contribution is 2.34. The van der Waals surface area contributed by atoms with E-state index in [1.165, 1.54) is 5.56 Å². The molecule has 1 aliphatic heterocycles. The minimum atomic E-state index is 0.613. The normalized spacial score (nSPS) is 13.1. The molecule has 3 rings (SSSR count). The number of nitrogens with one attached hydrogen (secondary N) is 1. The second-order valence-corrected chi connectivity index (χ2v) is 5.61. The molecule has 2 aromatic carbocycles. The van der Waals surface area contributed by atoms with E-state index < -0.39 is 0 Å². The minimum absolute atomic E-state index is 0.613. The van der Waals surface area contributed by atoms with Gasteiger partial charge < -0.3 is 14.8 Å². The van der Waals surface area contributed by atoms with E-state index in [9.17, 15) is 0 Å². The zero-order chi connectivity index (χ0) is 13.9. The average Bonchev–Trinajstić information content (AvgIpc) is 2.48.